The van der Waals surface area contributed by atoms with Crippen LogP contribution in [0.25, 0.3) is 0 Å². The predicted molar refractivity (Wildman–Crippen MR) is 168 cm³/mol. The molecule has 1 aliphatic heterocycles. The molecule has 1 saturated heterocycles. The Kier molecular flexibility index (Phi) is 10.9. The molecule has 9 heteroatoms. The Labute approximate surface area is 266 Å². The van der Waals surface area contributed by atoms with Gasteiger partial charge in [0.1, 0.15) is 5.75 Å². The van der Waals surface area contributed by atoms with Crippen LogP contribution in [0.15, 0.2) is 103 Å². The van der Waals surface area contributed by atoms with Gasteiger partial charge in [-0.1, -0.05) is 60.7 Å². The molecule has 0 bridgehead atoms. The second-order valence-corrected chi connectivity index (χ2v) is 11.8. The first-order chi connectivity index (χ1) is 22.2. The molecule has 1 N–H and O–H groups in total. The van der Waals surface area contributed by atoms with E-state index in [9.17, 15) is 27.9 Å². The number of Topliss-reactive ketones (excluding diaryl/α,β-unsaturated/α-hetero) is 1. The van der Waals surface area contributed by atoms with Crippen molar-refractivity contribution in [3.8, 4) is 5.75 Å². The fourth-order valence-electron chi connectivity index (χ4n) is 6.19. The van der Waals surface area contributed by atoms with Crippen molar-refractivity contribution in [3.63, 3.8) is 0 Å². The van der Waals surface area contributed by atoms with Gasteiger partial charge in [0.2, 0.25) is 0 Å². The number of aromatic nitrogens is 1. The van der Waals surface area contributed by atoms with Gasteiger partial charge >= 0.3 is 6.36 Å². The Hall–Kier alpha value is -4.50. The minimum Gasteiger partial charge on any atom is -0.406 e. The average Bonchev–Trinajstić information content (AvgIpc) is 3.55. The van der Waals surface area contributed by atoms with Gasteiger partial charge in [0.25, 0.3) is 5.91 Å². The number of aliphatic hydroxyl groups is 1. The Balaban J connectivity index is 1.25. The summed E-state index contributed by atoms with van der Waals surface area (Å²) in [4.78, 5) is 33.3. The highest BCUT2D eigenvalue weighted by Crippen LogP contribution is 2.33. The van der Waals surface area contributed by atoms with E-state index in [-0.39, 0.29) is 29.9 Å². The number of hydrogen-bond acceptors (Lipinski definition) is 5. The Morgan fingerprint density at radius 2 is 1.70 bits per heavy atom. The van der Waals surface area contributed by atoms with Crippen molar-refractivity contribution in [1.29, 1.82) is 0 Å². The number of halogens is 3. The molecule has 1 amide bonds. The van der Waals surface area contributed by atoms with Gasteiger partial charge in [0.15, 0.2) is 5.78 Å². The molecule has 46 heavy (non-hydrogen) atoms. The van der Waals surface area contributed by atoms with Crippen LogP contribution in [-0.2, 0) is 12.8 Å². The zero-order valence-corrected chi connectivity index (χ0v) is 25.4. The molecule has 1 fully saturated rings. The maximum Gasteiger partial charge on any atom is 0.573 e. The van der Waals surface area contributed by atoms with Gasteiger partial charge in [-0.2, -0.15) is 0 Å². The van der Waals surface area contributed by atoms with Crippen LogP contribution in [0.4, 0.5) is 13.2 Å². The number of hydrogen-bond donors (Lipinski definition) is 1. The molecule has 0 aliphatic carbocycles. The third-order valence-corrected chi connectivity index (χ3v) is 8.44. The average molecular weight is 631 g/mol. The summed E-state index contributed by atoms with van der Waals surface area (Å²) in [6, 6.07) is 26.0. The number of ether oxygens (including phenoxy) is 1. The molecule has 3 aromatic carbocycles. The summed E-state index contributed by atoms with van der Waals surface area (Å²) in [7, 11) is 0. The lowest BCUT2D eigenvalue weighted by atomic mass is 9.85. The number of ketones is 1. The van der Waals surface area contributed by atoms with E-state index < -0.39 is 18.4 Å². The summed E-state index contributed by atoms with van der Waals surface area (Å²) >= 11 is 0. The summed E-state index contributed by atoms with van der Waals surface area (Å²) in [6.07, 6.45) is 1.49. The van der Waals surface area contributed by atoms with E-state index >= 15 is 0 Å². The van der Waals surface area contributed by atoms with E-state index in [4.69, 9.17) is 0 Å². The monoisotopic (exact) mass is 630 g/mol. The lowest BCUT2D eigenvalue weighted by Gasteiger charge is -2.25. The van der Waals surface area contributed by atoms with E-state index in [0.717, 1.165) is 24.0 Å². The molecule has 3 atom stereocenters. The van der Waals surface area contributed by atoms with Crippen molar-refractivity contribution in [3.05, 3.63) is 131 Å². The van der Waals surface area contributed by atoms with Gasteiger partial charge in [0.05, 0.1) is 12.1 Å². The van der Waals surface area contributed by atoms with Gasteiger partial charge in [-0.3, -0.25) is 14.6 Å². The zero-order chi connectivity index (χ0) is 32.5. The number of rotatable bonds is 13. The molecule has 0 spiro atoms. The highest BCUT2D eigenvalue weighted by Gasteiger charge is 2.32. The number of aryl methyl sites for hydroxylation is 1. The number of carbonyl (C=O) groups excluding carboxylic acids is 2. The van der Waals surface area contributed by atoms with Gasteiger partial charge in [0, 0.05) is 36.5 Å². The highest BCUT2D eigenvalue weighted by atomic mass is 19.4. The van der Waals surface area contributed by atoms with E-state index in [1.807, 2.05) is 47.4 Å². The minimum absolute atomic E-state index is 0.0643. The van der Waals surface area contributed by atoms with Crippen molar-refractivity contribution < 1.29 is 32.6 Å². The molecular weight excluding hydrogens is 593 g/mol. The summed E-state index contributed by atoms with van der Waals surface area (Å²) < 4.78 is 41.9. The molecule has 2 heterocycles. The number of carbonyl (C=O) groups is 2. The molecule has 1 aromatic heterocycles. The first kappa shape index (κ1) is 32.9. The normalized spacial score (nSPS) is 16.2. The first-order valence-corrected chi connectivity index (χ1v) is 15.6. The van der Waals surface area contributed by atoms with Crippen molar-refractivity contribution in [2.45, 2.75) is 63.5 Å². The fourth-order valence-corrected chi connectivity index (χ4v) is 6.19. The van der Waals surface area contributed by atoms with Crippen LogP contribution in [-0.4, -0.2) is 45.7 Å². The zero-order valence-electron chi connectivity index (χ0n) is 25.4. The van der Waals surface area contributed by atoms with Crippen molar-refractivity contribution in [2.24, 2.45) is 5.92 Å². The third-order valence-electron chi connectivity index (χ3n) is 8.44. The number of amides is 1. The van der Waals surface area contributed by atoms with Crippen LogP contribution >= 0.6 is 0 Å². The third kappa shape index (κ3) is 9.03. The second kappa shape index (κ2) is 15.2. The molecule has 240 valence electrons. The highest BCUT2D eigenvalue weighted by molar-refractivity contribution is 6.01. The number of nitrogens with zero attached hydrogens (tertiary/aromatic N) is 2. The van der Waals surface area contributed by atoms with Gasteiger partial charge in [-0.15, -0.1) is 13.2 Å². The minimum atomic E-state index is -4.77. The smallest absolute Gasteiger partial charge is 0.406 e. The SMILES string of the molecule is O=C(C[C@@H](Cc1ccccc1)[C@H](O)CCCc1cccc(OC(F)(F)F)c1)c1cccc(C(=O)N2CCCC2c2cccnc2)c1. The van der Waals surface area contributed by atoms with Crippen molar-refractivity contribution >= 4 is 11.7 Å². The summed E-state index contributed by atoms with van der Waals surface area (Å²) in [5.74, 6) is -0.984. The second-order valence-electron chi connectivity index (χ2n) is 11.8. The molecule has 0 saturated carbocycles. The first-order valence-electron chi connectivity index (χ1n) is 15.6. The number of alkyl halides is 3. The quantitative estimate of drug-likeness (QED) is 0.153. The summed E-state index contributed by atoms with van der Waals surface area (Å²) in [5.41, 5.74) is 3.49. The number of pyridine rings is 1. The Bertz CT molecular complexity index is 1600. The van der Waals surface area contributed by atoms with Crippen LogP contribution in [0.1, 0.15) is 75.6 Å². The van der Waals surface area contributed by atoms with Crippen LogP contribution in [0, 0.1) is 5.92 Å². The van der Waals surface area contributed by atoms with Crippen molar-refractivity contribution in [1.82, 2.24) is 9.88 Å². The standard InChI is InChI=1S/C37H37F3N2O4/c38-37(39,40)46-32-16-4-11-27(22-32)12-5-18-34(43)31(21-26-9-2-1-3-10-26)24-35(44)28-13-6-14-29(23-28)36(45)42-20-8-17-33(42)30-15-7-19-41-25-30/h1-4,6-7,9-11,13-16,19,22-23,25,31,33-34,43H,5,8,12,17-18,20-21,24H2/t31-,33?,34-/m1/s1. The topological polar surface area (TPSA) is 79.7 Å². The van der Waals surface area contributed by atoms with Crippen LogP contribution in [0.2, 0.25) is 0 Å². The van der Waals surface area contributed by atoms with Crippen LogP contribution in [0.5, 0.6) is 5.75 Å². The largest absolute Gasteiger partial charge is 0.573 e. The number of benzene rings is 3. The van der Waals surface area contributed by atoms with Crippen molar-refractivity contribution in [2.75, 3.05) is 6.54 Å². The van der Waals surface area contributed by atoms with Crippen LogP contribution in [0.3, 0.4) is 0 Å². The van der Waals surface area contributed by atoms with E-state index in [1.54, 1.807) is 42.7 Å². The lowest BCUT2D eigenvalue weighted by molar-refractivity contribution is -0.274. The number of likely N-dealkylation sites (tertiary alicyclic amines) is 1. The predicted octanol–water partition coefficient (Wildman–Crippen LogP) is 7.77. The van der Waals surface area contributed by atoms with Gasteiger partial charge < -0.3 is 14.7 Å². The molecule has 1 unspecified atom stereocenters. The Morgan fingerprint density at radius 1 is 0.935 bits per heavy atom. The molecular formula is C37H37F3N2O4. The maximum atomic E-state index is 13.6. The summed E-state index contributed by atoms with van der Waals surface area (Å²) in [5, 5.41) is 11.3. The van der Waals surface area contributed by atoms with E-state index in [1.165, 1.54) is 18.2 Å². The van der Waals surface area contributed by atoms with Gasteiger partial charge in [-0.25, -0.2) is 0 Å². The summed E-state index contributed by atoms with van der Waals surface area (Å²) in [6.45, 7) is 0.627. The number of aliphatic hydroxyl groups excluding tert-OH is 1. The molecule has 0 radical (unpaired) electrons. The molecule has 6 nitrogen and oxygen atoms in total. The Morgan fingerprint density at radius 3 is 2.46 bits per heavy atom. The lowest BCUT2D eigenvalue weighted by Crippen LogP contribution is -2.30. The molecule has 5 rings (SSSR count). The maximum absolute atomic E-state index is 13.6. The molecule has 4 aromatic rings. The van der Waals surface area contributed by atoms with E-state index in [0.29, 0.717) is 48.9 Å². The molecule has 1 aliphatic rings. The van der Waals surface area contributed by atoms with Crippen LogP contribution < -0.4 is 4.74 Å². The van der Waals surface area contributed by atoms with Gasteiger partial charge in [-0.05, 0) is 91.5 Å². The fraction of sp³-hybridized carbons (Fsp3) is 0.324. The van der Waals surface area contributed by atoms with E-state index in [2.05, 4.69) is 9.72 Å².